The van der Waals surface area contributed by atoms with Crippen LogP contribution in [-0.2, 0) is 9.59 Å². The molecule has 19 heavy (non-hydrogen) atoms. The van der Waals surface area contributed by atoms with Gasteiger partial charge in [0.2, 0.25) is 11.8 Å². The van der Waals surface area contributed by atoms with E-state index < -0.39 is 0 Å². The fraction of sp³-hybridized carbons (Fsp3) is 0.750. The van der Waals surface area contributed by atoms with Gasteiger partial charge in [-0.15, -0.1) is 0 Å². The summed E-state index contributed by atoms with van der Waals surface area (Å²) < 4.78 is 0. The molecule has 0 radical (unpaired) electrons. The molecule has 2 amide bonds. The summed E-state index contributed by atoms with van der Waals surface area (Å²) in [7, 11) is 0. The Morgan fingerprint density at radius 3 is 2.11 bits per heavy atom. The fourth-order valence-corrected chi connectivity index (χ4v) is 5.78. The number of imide groups is 1. The Balaban J connectivity index is 1.50. The monoisotopic (exact) mass is 257 g/mol. The zero-order valence-corrected chi connectivity index (χ0v) is 11.0. The van der Waals surface area contributed by atoms with Crippen LogP contribution in [0.5, 0.6) is 0 Å². The highest BCUT2D eigenvalue weighted by molar-refractivity contribution is 6.06. The summed E-state index contributed by atoms with van der Waals surface area (Å²) in [5, 5.41) is 0. The zero-order chi connectivity index (χ0) is 12.7. The summed E-state index contributed by atoms with van der Waals surface area (Å²) in [6.07, 6.45) is 10.3. The minimum absolute atomic E-state index is 0.00151. The van der Waals surface area contributed by atoms with Crippen LogP contribution in [0.15, 0.2) is 12.2 Å². The largest absolute Gasteiger partial charge is 0.279 e. The summed E-state index contributed by atoms with van der Waals surface area (Å²) >= 11 is 0. The maximum atomic E-state index is 12.7. The summed E-state index contributed by atoms with van der Waals surface area (Å²) in [4.78, 5) is 27.2. The number of carbonyl (C=O) groups excluding carboxylic acids is 2. The number of fused-ring (bicyclic) bond motifs is 7. The maximum Gasteiger partial charge on any atom is 0.233 e. The molecule has 1 aliphatic heterocycles. The van der Waals surface area contributed by atoms with E-state index in [0.717, 1.165) is 18.8 Å². The van der Waals surface area contributed by atoms with E-state index in [0.29, 0.717) is 17.8 Å². The third-order valence-corrected chi connectivity index (χ3v) is 6.54. The van der Waals surface area contributed by atoms with E-state index in [1.54, 1.807) is 4.90 Å². The van der Waals surface area contributed by atoms with Crippen LogP contribution in [0.1, 0.15) is 32.1 Å². The first-order valence-corrected chi connectivity index (χ1v) is 7.79. The Labute approximate surface area is 113 Å². The van der Waals surface area contributed by atoms with E-state index in [-0.39, 0.29) is 29.7 Å². The van der Waals surface area contributed by atoms with Gasteiger partial charge in [-0.25, -0.2) is 0 Å². The third-order valence-electron chi connectivity index (χ3n) is 6.54. The summed E-state index contributed by atoms with van der Waals surface area (Å²) in [5.74, 6) is 2.45. The molecule has 7 unspecified atom stereocenters. The second-order valence-corrected chi connectivity index (χ2v) is 7.29. The lowest BCUT2D eigenvalue weighted by Gasteiger charge is -2.31. The standard InChI is InChI=1S/C16H19NO2/c18-15-13-10-3-4-11(7-10)14(13)16(19)17(15)12-6-8-1-2-9(12)5-8/h3-4,8-14H,1-2,5-7H2. The Bertz CT molecular complexity index is 481. The van der Waals surface area contributed by atoms with E-state index in [1.165, 1.54) is 19.3 Å². The lowest BCUT2D eigenvalue weighted by Crippen LogP contribution is -2.44. The van der Waals surface area contributed by atoms with Crippen molar-refractivity contribution in [2.75, 3.05) is 0 Å². The molecule has 5 aliphatic rings. The minimum Gasteiger partial charge on any atom is -0.279 e. The molecule has 3 nitrogen and oxygen atoms in total. The van der Waals surface area contributed by atoms with Crippen LogP contribution in [0.4, 0.5) is 0 Å². The highest BCUT2D eigenvalue weighted by atomic mass is 16.2. The van der Waals surface area contributed by atoms with Crippen molar-refractivity contribution in [3.8, 4) is 0 Å². The molecule has 4 fully saturated rings. The average molecular weight is 257 g/mol. The Hall–Kier alpha value is -1.12. The number of hydrogen-bond acceptors (Lipinski definition) is 2. The first kappa shape index (κ1) is 10.6. The van der Waals surface area contributed by atoms with E-state index in [9.17, 15) is 9.59 Å². The van der Waals surface area contributed by atoms with Gasteiger partial charge in [-0.1, -0.05) is 18.6 Å². The number of carbonyl (C=O) groups is 2. The van der Waals surface area contributed by atoms with Crippen molar-refractivity contribution in [1.82, 2.24) is 4.90 Å². The van der Waals surface area contributed by atoms with Gasteiger partial charge < -0.3 is 0 Å². The van der Waals surface area contributed by atoms with Crippen LogP contribution in [0, 0.1) is 35.5 Å². The molecule has 0 spiro atoms. The van der Waals surface area contributed by atoms with Crippen LogP contribution in [-0.4, -0.2) is 22.8 Å². The summed E-state index contributed by atoms with van der Waals surface area (Å²) in [5.41, 5.74) is 0. The molecule has 0 aromatic heterocycles. The van der Waals surface area contributed by atoms with E-state index in [4.69, 9.17) is 0 Å². The third kappa shape index (κ3) is 1.16. The Morgan fingerprint density at radius 2 is 1.58 bits per heavy atom. The van der Waals surface area contributed by atoms with Gasteiger partial charge in [0.25, 0.3) is 0 Å². The second-order valence-electron chi connectivity index (χ2n) is 7.29. The van der Waals surface area contributed by atoms with Gasteiger partial charge in [-0.05, 0) is 49.4 Å². The highest BCUT2D eigenvalue weighted by Gasteiger charge is 2.61. The molecule has 5 rings (SSSR count). The van der Waals surface area contributed by atoms with Crippen molar-refractivity contribution in [3.63, 3.8) is 0 Å². The molecule has 100 valence electrons. The van der Waals surface area contributed by atoms with Crippen LogP contribution in [0.2, 0.25) is 0 Å². The molecule has 3 saturated carbocycles. The van der Waals surface area contributed by atoms with Crippen LogP contribution in [0.25, 0.3) is 0 Å². The average Bonchev–Trinajstić information content (AvgIpc) is 3.16. The molecule has 4 bridgehead atoms. The smallest absolute Gasteiger partial charge is 0.233 e. The Kier molecular flexibility index (Phi) is 1.85. The molecule has 1 saturated heterocycles. The first-order chi connectivity index (χ1) is 9.24. The number of amides is 2. The molecule has 0 N–H and O–H groups in total. The first-order valence-electron chi connectivity index (χ1n) is 7.79. The lowest BCUT2D eigenvalue weighted by atomic mass is 9.85. The summed E-state index contributed by atoms with van der Waals surface area (Å²) in [6.45, 7) is 0. The van der Waals surface area contributed by atoms with Crippen LogP contribution < -0.4 is 0 Å². The van der Waals surface area contributed by atoms with Crippen molar-refractivity contribution in [2.24, 2.45) is 35.5 Å². The Morgan fingerprint density at radius 1 is 0.895 bits per heavy atom. The molecule has 0 aromatic carbocycles. The number of hydrogen-bond donors (Lipinski definition) is 0. The zero-order valence-electron chi connectivity index (χ0n) is 11.0. The molecule has 0 aromatic rings. The quantitative estimate of drug-likeness (QED) is 0.532. The molecule has 3 heteroatoms. The summed E-state index contributed by atoms with van der Waals surface area (Å²) in [6, 6.07) is 0.253. The normalized spacial score (nSPS) is 53.7. The number of likely N-dealkylation sites (tertiary alicyclic amines) is 1. The van der Waals surface area contributed by atoms with E-state index >= 15 is 0 Å². The molecular weight excluding hydrogens is 238 g/mol. The van der Waals surface area contributed by atoms with Crippen molar-refractivity contribution >= 4 is 11.8 Å². The van der Waals surface area contributed by atoms with Gasteiger partial charge in [-0.3, -0.25) is 14.5 Å². The van der Waals surface area contributed by atoms with Gasteiger partial charge in [-0.2, -0.15) is 0 Å². The van der Waals surface area contributed by atoms with Gasteiger partial charge in [0.1, 0.15) is 0 Å². The highest BCUT2D eigenvalue weighted by Crippen LogP contribution is 2.55. The van der Waals surface area contributed by atoms with E-state index in [2.05, 4.69) is 12.2 Å². The van der Waals surface area contributed by atoms with E-state index in [1.807, 2.05) is 0 Å². The van der Waals surface area contributed by atoms with Crippen molar-refractivity contribution in [1.29, 1.82) is 0 Å². The number of rotatable bonds is 1. The molecule has 1 heterocycles. The van der Waals surface area contributed by atoms with Gasteiger partial charge >= 0.3 is 0 Å². The van der Waals surface area contributed by atoms with Crippen molar-refractivity contribution in [3.05, 3.63) is 12.2 Å². The molecular formula is C16H19NO2. The van der Waals surface area contributed by atoms with Crippen LogP contribution in [0.3, 0.4) is 0 Å². The van der Waals surface area contributed by atoms with Gasteiger partial charge in [0, 0.05) is 6.04 Å². The van der Waals surface area contributed by atoms with Crippen molar-refractivity contribution in [2.45, 2.75) is 38.1 Å². The minimum atomic E-state index is 0.00151. The van der Waals surface area contributed by atoms with Crippen LogP contribution >= 0.6 is 0 Å². The predicted molar refractivity (Wildman–Crippen MR) is 68.8 cm³/mol. The second kappa shape index (κ2) is 3.31. The van der Waals surface area contributed by atoms with Gasteiger partial charge in [0.15, 0.2) is 0 Å². The fourth-order valence-electron chi connectivity index (χ4n) is 5.78. The topological polar surface area (TPSA) is 37.4 Å². The lowest BCUT2D eigenvalue weighted by molar-refractivity contribution is -0.144. The SMILES string of the molecule is O=C1C2C3C=CC(C3)C2C(=O)N1C1CC2CCC1C2. The van der Waals surface area contributed by atoms with Gasteiger partial charge in [0.05, 0.1) is 11.8 Å². The molecule has 4 aliphatic carbocycles. The molecule has 7 atom stereocenters. The predicted octanol–water partition coefficient (Wildman–Crippen LogP) is 1.98. The number of allylic oxidation sites excluding steroid dienone is 2. The van der Waals surface area contributed by atoms with Crippen molar-refractivity contribution < 1.29 is 9.59 Å². The number of nitrogens with zero attached hydrogens (tertiary/aromatic N) is 1. The maximum absolute atomic E-state index is 12.7.